The van der Waals surface area contributed by atoms with Gasteiger partial charge < -0.3 is 9.67 Å². The molecule has 4 aromatic rings. The number of hydrogen-bond acceptors (Lipinski definition) is 5. The van der Waals surface area contributed by atoms with Crippen LogP contribution < -0.4 is 17.0 Å². The summed E-state index contributed by atoms with van der Waals surface area (Å²) < 4.78 is 4.27. The van der Waals surface area contributed by atoms with E-state index < -0.39 is 29.3 Å². The smallest absolute Gasteiger partial charge is 0.335 e. The van der Waals surface area contributed by atoms with Gasteiger partial charge in [-0.05, 0) is 63.6 Å². The molecule has 2 aromatic heterocycles. The molecule has 10 nitrogen and oxygen atoms in total. The Labute approximate surface area is 211 Å². The van der Waals surface area contributed by atoms with Gasteiger partial charge in [0.1, 0.15) is 0 Å². The van der Waals surface area contributed by atoms with Crippen LogP contribution in [0.4, 0.5) is 5.69 Å². The van der Waals surface area contributed by atoms with Crippen LogP contribution in [0.25, 0.3) is 11.0 Å². The van der Waals surface area contributed by atoms with E-state index in [0.29, 0.717) is 10.7 Å². The fraction of sp³-hybridized carbons (Fsp3) is 0.320. The second-order valence-corrected chi connectivity index (χ2v) is 9.45. The van der Waals surface area contributed by atoms with Crippen molar-refractivity contribution in [2.75, 3.05) is 0 Å². The Morgan fingerprint density at radius 1 is 1.11 bits per heavy atom. The quantitative estimate of drug-likeness (QED) is 0.393. The van der Waals surface area contributed by atoms with Gasteiger partial charge in [-0.2, -0.15) is 0 Å². The first-order valence-corrected chi connectivity index (χ1v) is 11.9. The Morgan fingerprint density at radius 3 is 2.44 bits per heavy atom. The van der Waals surface area contributed by atoms with E-state index in [1.54, 1.807) is 42.7 Å². The zero-order chi connectivity index (χ0) is 26.1. The Hall–Kier alpha value is -3.92. The molecule has 11 heteroatoms. The summed E-state index contributed by atoms with van der Waals surface area (Å²) in [5.74, 6) is -2.07. The second kappa shape index (κ2) is 9.98. The molecule has 0 unspecified atom stereocenters. The highest BCUT2D eigenvalue weighted by molar-refractivity contribution is 6.30. The van der Waals surface area contributed by atoms with Crippen molar-refractivity contribution >= 4 is 34.3 Å². The molecule has 0 bridgehead atoms. The number of aromatic amines is 1. The molecular weight excluding hydrogens is 484 g/mol. The van der Waals surface area contributed by atoms with Crippen LogP contribution in [0.5, 0.6) is 0 Å². The number of carboxylic acids is 1. The van der Waals surface area contributed by atoms with Gasteiger partial charge in [0.15, 0.2) is 0 Å². The van der Waals surface area contributed by atoms with Gasteiger partial charge in [-0.3, -0.25) is 14.3 Å². The van der Waals surface area contributed by atoms with Crippen LogP contribution in [0.1, 0.15) is 45.3 Å². The lowest BCUT2D eigenvalue weighted by molar-refractivity contribution is -0.142. The number of aliphatic carboxylic acids is 1. The Bertz CT molecular complexity index is 1610. The number of carboxylic acid groups (broad SMARTS) is 1. The minimum absolute atomic E-state index is 0.0361. The van der Waals surface area contributed by atoms with Crippen molar-refractivity contribution in [1.29, 1.82) is 0 Å². The molecular formula is C25H27ClN6O4. The van der Waals surface area contributed by atoms with Crippen molar-refractivity contribution in [3.05, 3.63) is 86.0 Å². The number of fused-ring (bicyclic) bond motifs is 1. The Kier molecular flexibility index (Phi) is 6.98. The lowest BCUT2D eigenvalue weighted by Crippen LogP contribution is -2.52. The third-order valence-electron chi connectivity index (χ3n) is 6.25. The first-order chi connectivity index (χ1) is 17.1. The van der Waals surface area contributed by atoms with E-state index in [4.69, 9.17) is 11.6 Å². The number of aromatic nitrogens is 5. The number of nitrogens with one attached hydrogen (secondary N) is 1. The van der Waals surface area contributed by atoms with Gasteiger partial charge in [0.05, 0.1) is 41.6 Å². The van der Waals surface area contributed by atoms with Gasteiger partial charge in [-0.25, -0.2) is 24.1 Å². The number of benzene rings is 2. The van der Waals surface area contributed by atoms with Gasteiger partial charge in [-0.1, -0.05) is 23.7 Å². The highest BCUT2D eigenvalue weighted by Gasteiger charge is 2.25. The third kappa shape index (κ3) is 4.90. The molecule has 188 valence electrons. The second-order valence-electron chi connectivity index (χ2n) is 9.02. The van der Waals surface area contributed by atoms with Crippen LogP contribution >= 0.6 is 11.6 Å². The van der Waals surface area contributed by atoms with Crippen molar-refractivity contribution < 1.29 is 9.90 Å². The van der Waals surface area contributed by atoms with Crippen molar-refractivity contribution in [3.8, 4) is 0 Å². The number of imidazole rings is 1. The van der Waals surface area contributed by atoms with Gasteiger partial charge in [0.25, 0.3) is 0 Å². The van der Waals surface area contributed by atoms with Gasteiger partial charge in [0, 0.05) is 11.1 Å². The summed E-state index contributed by atoms with van der Waals surface area (Å²) in [7, 11) is 0. The van der Waals surface area contributed by atoms with Crippen LogP contribution in [-0.2, 0) is 11.3 Å². The number of H-pyrrole nitrogens is 1. The number of carbonyl (C=O) groups is 1. The zero-order valence-electron chi connectivity index (χ0n) is 20.3. The predicted octanol–water partition coefficient (Wildman–Crippen LogP) is 3.48. The van der Waals surface area contributed by atoms with Crippen LogP contribution in [0.3, 0.4) is 0 Å². The Balaban J connectivity index is 1.91. The van der Waals surface area contributed by atoms with Crippen LogP contribution in [0.2, 0.25) is 5.02 Å². The highest BCUT2D eigenvalue weighted by atomic mass is 35.5. The first kappa shape index (κ1) is 25.2. The average Bonchev–Trinajstić information content (AvgIpc) is 3.25. The van der Waals surface area contributed by atoms with E-state index in [1.165, 1.54) is 18.4 Å². The number of halogens is 1. The summed E-state index contributed by atoms with van der Waals surface area (Å²) in [5, 5.41) is 9.97. The zero-order valence-corrected chi connectivity index (χ0v) is 21.1. The maximum absolute atomic E-state index is 13.5. The van der Waals surface area contributed by atoms with E-state index in [1.807, 2.05) is 10.6 Å². The van der Waals surface area contributed by atoms with E-state index in [-0.39, 0.29) is 18.2 Å². The van der Waals surface area contributed by atoms with Gasteiger partial charge >= 0.3 is 17.3 Å². The monoisotopic (exact) mass is 510 g/mol. The molecule has 2 aromatic carbocycles. The maximum Gasteiger partial charge on any atom is 0.335 e. The van der Waals surface area contributed by atoms with Crippen LogP contribution in [0, 0.1) is 5.92 Å². The van der Waals surface area contributed by atoms with E-state index >= 15 is 0 Å². The fourth-order valence-electron chi connectivity index (χ4n) is 3.95. The van der Waals surface area contributed by atoms with E-state index in [2.05, 4.69) is 28.8 Å². The molecule has 0 aliphatic carbocycles. The van der Waals surface area contributed by atoms with Crippen molar-refractivity contribution in [3.63, 3.8) is 0 Å². The molecule has 0 aliphatic heterocycles. The highest BCUT2D eigenvalue weighted by Crippen LogP contribution is 2.22. The maximum atomic E-state index is 13.5. The number of hydrogen-bond donors (Lipinski definition) is 2. The fourth-order valence-corrected chi connectivity index (χ4v) is 4.07. The molecule has 36 heavy (non-hydrogen) atoms. The lowest BCUT2D eigenvalue weighted by Gasteiger charge is -2.19. The summed E-state index contributed by atoms with van der Waals surface area (Å²) in [4.78, 5) is 49.7. The third-order valence-corrected chi connectivity index (χ3v) is 6.51. The molecule has 0 aliphatic rings. The first-order valence-electron chi connectivity index (χ1n) is 11.5. The van der Waals surface area contributed by atoms with E-state index in [9.17, 15) is 19.5 Å². The van der Waals surface area contributed by atoms with Crippen molar-refractivity contribution in [2.45, 2.75) is 46.3 Å². The molecule has 0 saturated carbocycles. The molecule has 2 N–H and O–H groups in total. The molecule has 4 rings (SSSR count). The summed E-state index contributed by atoms with van der Waals surface area (Å²) in [6.07, 6.45) is 1.76. The number of rotatable bonds is 7. The molecule has 2 atom stereocenters. The molecule has 0 saturated heterocycles. The molecule has 0 amide bonds. The minimum Gasteiger partial charge on any atom is -0.481 e. The lowest BCUT2D eigenvalue weighted by atomic mass is 10.0. The minimum atomic E-state index is -1.11. The van der Waals surface area contributed by atoms with Crippen molar-refractivity contribution in [1.82, 2.24) is 23.7 Å². The summed E-state index contributed by atoms with van der Waals surface area (Å²) >= 11 is 6.00. The van der Waals surface area contributed by atoms with Crippen molar-refractivity contribution in [2.24, 2.45) is 10.9 Å². The topological polar surface area (TPSA) is 127 Å². The molecule has 2 heterocycles. The number of nitrogens with zero attached hydrogens (tertiary/aromatic N) is 5. The van der Waals surface area contributed by atoms with Gasteiger partial charge in [0.2, 0.25) is 5.62 Å². The summed E-state index contributed by atoms with van der Waals surface area (Å²) in [5.41, 5.74) is 1.55. The predicted molar refractivity (Wildman–Crippen MR) is 137 cm³/mol. The average molecular weight is 511 g/mol. The largest absolute Gasteiger partial charge is 0.481 e. The summed E-state index contributed by atoms with van der Waals surface area (Å²) in [6.45, 7) is 7.18. The summed E-state index contributed by atoms with van der Waals surface area (Å²) in [6, 6.07) is 11.7. The SMILES string of the molecule is CC(C)n1cnc2cc(/N=c3\[nH]c(=O)n([C@@H](C)[C@@H](C)C(=O)O)c(=O)n3Cc3ccc(Cl)cc3)ccc21. The van der Waals surface area contributed by atoms with E-state index in [0.717, 1.165) is 21.2 Å². The van der Waals surface area contributed by atoms with Crippen LogP contribution in [-0.4, -0.2) is 34.7 Å². The van der Waals surface area contributed by atoms with Crippen LogP contribution in [0.15, 0.2) is 63.4 Å². The molecule has 0 spiro atoms. The van der Waals surface area contributed by atoms with Gasteiger partial charge in [-0.15, -0.1) is 0 Å². The standard InChI is InChI=1S/C25H27ClN6O4/c1-14(2)31-13-27-20-11-19(9-10-21(20)31)28-23-29-24(35)32(16(4)15(3)22(33)34)25(36)30(23)12-17-5-7-18(26)8-6-17/h5-11,13-16H,12H2,1-4H3,(H,33,34)(H,28,29,35)/t15-,16+/m1/s1. The molecule has 0 radical (unpaired) electrons. The Morgan fingerprint density at radius 2 is 1.81 bits per heavy atom. The normalized spacial score (nSPS) is 13.9. The molecule has 0 fully saturated rings.